The van der Waals surface area contributed by atoms with Crippen LogP contribution in [0.2, 0.25) is 5.02 Å². The maximum absolute atomic E-state index is 12.5. The third-order valence-electron chi connectivity index (χ3n) is 5.88. The fraction of sp³-hybridized carbons (Fsp3) is 0.650. The smallest absolute Gasteiger partial charge is 0.237 e. The summed E-state index contributed by atoms with van der Waals surface area (Å²) in [5, 5.41) is 4.07. The van der Waals surface area contributed by atoms with E-state index in [1.165, 1.54) is 18.4 Å². The minimum Gasteiger partial charge on any atom is -0.352 e. The predicted octanol–water partition coefficient (Wildman–Crippen LogP) is 3.47. The van der Waals surface area contributed by atoms with Crippen LogP contribution >= 0.6 is 11.6 Å². The van der Waals surface area contributed by atoms with Gasteiger partial charge in [0.2, 0.25) is 5.91 Å². The van der Waals surface area contributed by atoms with Crippen molar-refractivity contribution in [3.63, 3.8) is 0 Å². The zero-order valence-electron chi connectivity index (χ0n) is 15.4. The summed E-state index contributed by atoms with van der Waals surface area (Å²) in [6.45, 7) is 8.04. The van der Waals surface area contributed by atoms with E-state index in [0.29, 0.717) is 12.1 Å². The fourth-order valence-electron chi connectivity index (χ4n) is 4.08. The molecular formula is C20H30ClN3O. The molecule has 5 heteroatoms. The van der Waals surface area contributed by atoms with Crippen LogP contribution in [-0.2, 0) is 4.79 Å². The molecule has 4 nitrogen and oxygen atoms in total. The van der Waals surface area contributed by atoms with Gasteiger partial charge in [0, 0.05) is 43.3 Å². The van der Waals surface area contributed by atoms with Gasteiger partial charge in [0.25, 0.3) is 0 Å². The van der Waals surface area contributed by atoms with E-state index < -0.39 is 0 Å². The van der Waals surface area contributed by atoms with Gasteiger partial charge in [-0.3, -0.25) is 14.6 Å². The molecule has 1 aliphatic heterocycles. The second-order valence-electron chi connectivity index (χ2n) is 7.44. The highest BCUT2D eigenvalue weighted by atomic mass is 35.5. The van der Waals surface area contributed by atoms with E-state index in [9.17, 15) is 4.79 Å². The zero-order valence-corrected chi connectivity index (χ0v) is 16.1. The number of amides is 1. The lowest BCUT2D eigenvalue weighted by atomic mass is 10.1. The van der Waals surface area contributed by atoms with Crippen LogP contribution in [0.5, 0.6) is 0 Å². The van der Waals surface area contributed by atoms with Gasteiger partial charge in [-0.2, -0.15) is 0 Å². The molecule has 25 heavy (non-hydrogen) atoms. The monoisotopic (exact) mass is 363 g/mol. The highest BCUT2D eigenvalue weighted by Gasteiger charge is 2.29. The number of nitrogens with zero attached hydrogens (tertiary/aromatic N) is 2. The van der Waals surface area contributed by atoms with E-state index in [2.05, 4.69) is 28.1 Å². The Labute approximate surface area is 156 Å². The molecule has 2 unspecified atom stereocenters. The van der Waals surface area contributed by atoms with Crippen molar-refractivity contribution in [3.8, 4) is 0 Å². The van der Waals surface area contributed by atoms with Crippen molar-refractivity contribution in [1.29, 1.82) is 0 Å². The van der Waals surface area contributed by atoms with Crippen molar-refractivity contribution >= 4 is 17.5 Å². The SMILES string of the molecule is CC(C(=O)NC1CCCC1)N1CCN(C(C)c2ccccc2Cl)CC1. The summed E-state index contributed by atoms with van der Waals surface area (Å²) >= 11 is 6.35. The topological polar surface area (TPSA) is 35.6 Å². The van der Waals surface area contributed by atoms with E-state index in [1.807, 2.05) is 25.1 Å². The van der Waals surface area contributed by atoms with Gasteiger partial charge < -0.3 is 5.32 Å². The molecule has 1 aromatic rings. The first kappa shape index (κ1) is 18.7. The van der Waals surface area contributed by atoms with Gasteiger partial charge in [0.1, 0.15) is 0 Å². The van der Waals surface area contributed by atoms with Crippen molar-refractivity contribution in [2.75, 3.05) is 26.2 Å². The Balaban J connectivity index is 1.51. The number of benzene rings is 1. The molecule has 1 heterocycles. The van der Waals surface area contributed by atoms with E-state index in [1.54, 1.807) is 0 Å². The average molecular weight is 364 g/mol. The Hall–Kier alpha value is -1.10. The molecule has 1 N–H and O–H groups in total. The largest absolute Gasteiger partial charge is 0.352 e. The molecule has 1 aromatic carbocycles. The molecule has 1 amide bonds. The fourth-order valence-corrected chi connectivity index (χ4v) is 4.37. The van der Waals surface area contributed by atoms with Gasteiger partial charge in [-0.05, 0) is 38.3 Å². The quantitative estimate of drug-likeness (QED) is 0.870. The summed E-state index contributed by atoms with van der Waals surface area (Å²) < 4.78 is 0. The van der Waals surface area contributed by atoms with Crippen LogP contribution in [0.15, 0.2) is 24.3 Å². The Bertz CT molecular complexity index is 580. The number of nitrogens with one attached hydrogen (secondary N) is 1. The van der Waals surface area contributed by atoms with Crippen molar-refractivity contribution in [2.45, 2.75) is 57.7 Å². The molecule has 2 atom stereocenters. The molecule has 0 spiro atoms. The number of halogens is 1. The average Bonchev–Trinajstić information content (AvgIpc) is 3.14. The van der Waals surface area contributed by atoms with Gasteiger partial charge in [-0.25, -0.2) is 0 Å². The molecule has 1 saturated heterocycles. The molecule has 0 bridgehead atoms. The van der Waals surface area contributed by atoms with Gasteiger partial charge in [0.05, 0.1) is 6.04 Å². The molecule has 0 radical (unpaired) electrons. The number of carbonyl (C=O) groups excluding carboxylic acids is 1. The normalized spacial score (nSPS) is 22.7. The first-order valence-corrected chi connectivity index (χ1v) is 9.97. The summed E-state index contributed by atoms with van der Waals surface area (Å²) in [5.41, 5.74) is 1.18. The maximum Gasteiger partial charge on any atom is 0.237 e. The lowest BCUT2D eigenvalue weighted by Gasteiger charge is -2.40. The number of hydrogen-bond donors (Lipinski definition) is 1. The Kier molecular flexibility index (Phi) is 6.37. The minimum atomic E-state index is -0.0432. The van der Waals surface area contributed by atoms with Crippen molar-refractivity contribution in [1.82, 2.24) is 15.1 Å². The van der Waals surface area contributed by atoms with Crippen LogP contribution in [-0.4, -0.2) is 54.0 Å². The maximum atomic E-state index is 12.5. The van der Waals surface area contributed by atoms with E-state index in [0.717, 1.165) is 44.0 Å². The van der Waals surface area contributed by atoms with Crippen LogP contribution in [0.3, 0.4) is 0 Å². The standard InChI is InChI=1S/C20H30ClN3O/c1-15(18-9-5-6-10-19(18)21)23-11-13-24(14-12-23)16(2)20(25)22-17-7-3-4-8-17/h5-6,9-10,15-17H,3-4,7-8,11-14H2,1-2H3,(H,22,25). The van der Waals surface area contributed by atoms with E-state index in [-0.39, 0.29) is 11.9 Å². The van der Waals surface area contributed by atoms with Crippen LogP contribution in [0, 0.1) is 0 Å². The Morgan fingerprint density at radius 2 is 1.68 bits per heavy atom. The Morgan fingerprint density at radius 1 is 1.08 bits per heavy atom. The first-order valence-electron chi connectivity index (χ1n) is 9.59. The third-order valence-corrected chi connectivity index (χ3v) is 6.22. The summed E-state index contributed by atoms with van der Waals surface area (Å²) in [6.07, 6.45) is 4.78. The van der Waals surface area contributed by atoms with Crippen LogP contribution in [0.25, 0.3) is 0 Å². The first-order chi connectivity index (χ1) is 12.1. The van der Waals surface area contributed by atoms with Gasteiger partial charge in [0.15, 0.2) is 0 Å². The highest BCUT2D eigenvalue weighted by molar-refractivity contribution is 6.31. The molecule has 1 aliphatic carbocycles. The second-order valence-corrected chi connectivity index (χ2v) is 7.84. The molecule has 138 valence electrons. The molecule has 2 fully saturated rings. The van der Waals surface area contributed by atoms with Gasteiger partial charge >= 0.3 is 0 Å². The van der Waals surface area contributed by atoms with Crippen LogP contribution in [0.4, 0.5) is 0 Å². The van der Waals surface area contributed by atoms with Crippen molar-refractivity contribution in [2.24, 2.45) is 0 Å². The van der Waals surface area contributed by atoms with Crippen LogP contribution in [0.1, 0.15) is 51.1 Å². The van der Waals surface area contributed by atoms with E-state index in [4.69, 9.17) is 11.6 Å². The highest BCUT2D eigenvalue weighted by Crippen LogP contribution is 2.28. The van der Waals surface area contributed by atoms with Gasteiger partial charge in [-0.15, -0.1) is 0 Å². The summed E-state index contributed by atoms with van der Waals surface area (Å²) in [4.78, 5) is 17.3. The lowest BCUT2D eigenvalue weighted by molar-refractivity contribution is -0.127. The van der Waals surface area contributed by atoms with Crippen molar-refractivity contribution in [3.05, 3.63) is 34.9 Å². The number of piperazine rings is 1. The zero-order chi connectivity index (χ0) is 17.8. The summed E-state index contributed by atoms with van der Waals surface area (Å²) in [5.74, 6) is 0.194. The summed E-state index contributed by atoms with van der Waals surface area (Å²) in [6, 6.07) is 8.74. The minimum absolute atomic E-state index is 0.0432. The molecule has 2 aliphatic rings. The third kappa shape index (κ3) is 4.55. The molecule has 3 rings (SSSR count). The van der Waals surface area contributed by atoms with Crippen molar-refractivity contribution < 1.29 is 4.79 Å². The predicted molar refractivity (Wildman–Crippen MR) is 103 cm³/mol. The molecular weight excluding hydrogens is 334 g/mol. The number of carbonyl (C=O) groups is 1. The molecule has 0 aromatic heterocycles. The van der Waals surface area contributed by atoms with Gasteiger partial charge in [-0.1, -0.05) is 42.6 Å². The van der Waals surface area contributed by atoms with Crippen LogP contribution < -0.4 is 5.32 Å². The lowest BCUT2D eigenvalue weighted by Crippen LogP contribution is -2.55. The summed E-state index contributed by atoms with van der Waals surface area (Å²) in [7, 11) is 0. The Morgan fingerprint density at radius 3 is 2.32 bits per heavy atom. The number of rotatable bonds is 5. The second kappa shape index (κ2) is 8.52. The number of hydrogen-bond acceptors (Lipinski definition) is 3. The van der Waals surface area contributed by atoms with E-state index >= 15 is 0 Å². The molecule has 1 saturated carbocycles.